The fraction of sp³-hybridized carbons (Fsp3) is 0.267. The van der Waals surface area contributed by atoms with Gasteiger partial charge in [-0.15, -0.1) is 0 Å². The monoisotopic (exact) mass is 237 g/mol. The fourth-order valence-corrected chi connectivity index (χ4v) is 1.75. The van der Waals surface area contributed by atoms with E-state index in [1.54, 1.807) is 6.20 Å². The largest absolute Gasteiger partial charge is 0.240 e. The molecule has 0 aliphatic carbocycles. The Hall–Kier alpha value is -2.21. The molecule has 0 fully saturated rings. The zero-order valence-corrected chi connectivity index (χ0v) is 10.6. The van der Waals surface area contributed by atoms with Crippen LogP contribution >= 0.6 is 0 Å². The number of benzene rings is 1. The Labute approximate surface area is 107 Å². The van der Waals surface area contributed by atoms with Gasteiger partial charge < -0.3 is 0 Å². The molecule has 1 aromatic carbocycles. The van der Waals surface area contributed by atoms with E-state index in [9.17, 15) is 0 Å². The Morgan fingerprint density at radius 2 is 1.89 bits per heavy atom. The summed E-state index contributed by atoms with van der Waals surface area (Å²) < 4.78 is 0. The second-order valence-corrected chi connectivity index (χ2v) is 4.47. The van der Waals surface area contributed by atoms with E-state index in [1.807, 2.05) is 6.07 Å². The van der Waals surface area contributed by atoms with Crippen LogP contribution in [0.15, 0.2) is 36.5 Å². The molecule has 0 unspecified atom stereocenters. The lowest BCUT2D eigenvalue weighted by Gasteiger charge is -2.07. The van der Waals surface area contributed by atoms with Gasteiger partial charge in [0.2, 0.25) is 0 Å². The summed E-state index contributed by atoms with van der Waals surface area (Å²) in [6, 6.07) is 12.3. The molecule has 90 valence electrons. The molecule has 1 aromatic heterocycles. The molecule has 2 rings (SSSR count). The molecule has 0 radical (unpaired) electrons. The van der Waals surface area contributed by atoms with Gasteiger partial charge in [-0.3, -0.25) is 0 Å². The molecule has 0 saturated heterocycles. The molecule has 0 bridgehead atoms. The molecule has 0 atom stereocenters. The standard InChI is InChI=1S/C15H15N3/c1-11(2)12-3-5-13(6-4-12)14-8-10-17-15(18-14)7-9-16/h3-6,8,10-11H,7H2,1-2H3. The van der Waals surface area contributed by atoms with Crippen LogP contribution in [0.4, 0.5) is 0 Å². The summed E-state index contributed by atoms with van der Waals surface area (Å²) in [6.45, 7) is 4.34. The highest BCUT2D eigenvalue weighted by Gasteiger charge is 2.03. The van der Waals surface area contributed by atoms with E-state index in [2.05, 4.69) is 54.2 Å². The van der Waals surface area contributed by atoms with E-state index in [0.29, 0.717) is 11.7 Å². The SMILES string of the molecule is CC(C)c1ccc(-c2ccnc(CC#N)n2)cc1. The second-order valence-electron chi connectivity index (χ2n) is 4.47. The van der Waals surface area contributed by atoms with Gasteiger partial charge in [0.15, 0.2) is 0 Å². The normalized spacial score (nSPS) is 10.3. The maximum atomic E-state index is 8.65. The number of nitrogens with zero attached hydrogens (tertiary/aromatic N) is 3. The Bertz CT molecular complexity index is 565. The fourth-order valence-electron chi connectivity index (χ4n) is 1.75. The van der Waals surface area contributed by atoms with Crippen molar-refractivity contribution in [2.24, 2.45) is 0 Å². The van der Waals surface area contributed by atoms with Crippen LogP contribution in [-0.4, -0.2) is 9.97 Å². The number of aromatic nitrogens is 2. The van der Waals surface area contributed by atoms with Gasteiger partial charge in [0.05, 0.1) is 18.2 Å². The molecule has 18 heavy (non-hydrogen) atoms. The minimum atomic E-state index is 0.248. The van der Waals surface area contributed by atoms with Crippen molar-refractivity contribution >= 4 is 0 Å². The average molecular weight is 237 g/mol. The Morgan fingerprint density at radius 3 is 2.50 bits per heavy atom. The summed E-state index contributed by atoms with van der Waals surface area (Å²) >= 11 is 0. The van der Waals surface area contributed by atoms with E-state index in [0.717, 1.165) is 11.3 Å². The van der Waals surface area contributed by atoms with Crippen molar-refractivity contribution < 1.29 is 0 Å². The average Bonchev–Trinajstić information content (AvgIpc) is 2.39. The number of rotatable bonds is 3. The third kappa shape index (κ3) is 2.72. The van der Waals surface area contributed by atoms with Crippen LogP contribution in [0.2, 0.25) is 0 Å². The number of hydrogen-bond donors (Lipinski definition) is 0. The minimum absolute atomic E-state index is 0.248. The van der Waals surface area contributed by atoms with Crippen LogP contribution < -0.4 is 0 Å². The van der Waals surface area contributed by atoms with Crippen LogP contribution in [0.5, 0.6) is 0 Å². The first-order valence-electron chi connectivity index (χ1n) is 6.00. The van der Waals surface area contributed by atoms with E-state index in [-0.39, 0.29) is 6.42 Å². The third-order valence-corrected chi connectivity index (χ3v) is 2.82. The van der Waals surface area contributed by atoms with Crippen molar-refractivity contribution in [1.29, 1.82) is 5.26 Å². The van der Waals surface area contributed by atoms with Gasteiger partial charge in [0, 0.05) is 11.8 Å². The summed E-state index contributed by atoms with van der Waals surface area (Å²) in [5.74, 6) is 1.10. The van der Waals surface area contributed by atoms with Gasteiger partial charge in [0.25, 0.3) is 0 Å². The zero-order chi connectivity index (χ0) is 13.0. The first-order chi connectivity index (χ1) is 8.70. The molecule has 3 heteroatoms. The van der Waals surface area contributed by atoms with Crippen LogP contribution in [0.25, 0.3) is 11.3 Å². The molecule has 0 saturated carbocycles. The predicted molar refractivity (Wildman–Crippen MR) is 70.9 cm³/mol. The molecular weight excluding hydrogens is 222 g/mol. The van der Waals surface area contributed by atoms with E-state index in [1.165, 1.54) is 5.56 Å². The molecule has 0 spiro atoms. The molecule has 3 nitrogen and oxygen atoms in total. The molecule has 1 heterocycles. The van der Waals surface area contributed by atoms with Crippen LogP contribution in [0.3, 0.4) is 0 Å². The van der Waals surface area contributed by atoms with Crippen molar-refractivity contribution in [3.05, 3.63) is 47.9 Å². The maximum absolute atomic E-state index is 8.65. The van der Waals surface area contributed by atoms with Crippen molar-refractivity contribution in [2.75, 3.05) is 0 Å². The van der Waals surface area contributed by atoms with Gasteiger partial charge in [-0.2, -0.15) is 5.26 Å². The lowest BCUT2D eigenvalue weighted by molar-refractivity contribution is 0.867. The van der Waals surface area contributed by atoms with Crippen molar-refractivity contribution in [1.82, 2.24) is 9.97 Å². The molecule has 0 aliphatic rings. The highest BCUT2D eigenvalue weighted by molar-refractivity contribution is 5.59. The Morgan fingerprint density at radius 1 is 1.17 bits per heavy atom. The predicted octanol–water partition coefficient (Wildman–Crippen LogP) is 3.33. The second kappa shape index (κ2) is 5.42. The first-order valence-corrected chi connectivity index (χ1v) is 6.00. The van der Waals surface area contributed by atoms with E-state index in [4.69, 9.17) is 5.26 Å². The maximum Gasteiger partial charge on any atom is 0.142 e. The molecule has 2 aromatic rings. The van der Waals surface area contributed by atoms with Crippen molar-refractivity contribution in [2.45, 2.75) is 26.2 Å². The van der Waals surface area contributed by atoms with E-state index >= 15 is 0 Å². The van der Waals surface area contributed by atoms with Gasteiger partial charge in [-0.25, -0.2) is 9.97 Å². The Kier molecular flexibility index (Phi) is 3.69. The van der Waals surface area contributed by atoms with Gasteiger partial charge >= 0.3 is 0 Å². The smallest absolute Gasteiger partial charge is 0.142 e. The molecular formula is C15H15N3. The topological polar surface area (TPSA) is 49.6 Å². The third-order valence-electron chi connectivity index (χ3n) is 2.82. The van der Waals surface area contributed by atoms with Crippen LogP contribution in [-0.2, 0) is 6.42 Å². The summed E-state index contributed by atoms with van der Waals surface area (Å²) in [5.41, 5.74) is 3.23. The molecule has 0 amide bonds. The number of nitriles is 1. The van der Waals surface area contributed by atoms with Crippen LogP contribution in [0, 0.1) is 11.3 Å². The lowest BCUT2D eigenvalue weighted by atomic mass is 10.0. The highest BCUT2D eigenvalue weighted by Crippen LogP contribution is 2.20. The summed E-state index contributed by atoms with van der Waals surface area (Å²) in [7, 11) is 0. The molecule has 0 aliphatic heterocycles. The van der Waals surface area contributed by atoms with Crippen molar-refractivity contribution in [3.8, 4) is 17.3 Å². The molecule has 0 N–H and O–H groups in total. The van der Waals surface area contributed by atoms with E-state index < -0.39 is 0 Å². The van der Waals surface area contributed by atoms with Gasteiger partial charge in [-0.1, -0.05) is 38.1 Å². The summed E-state index contributed by atoms with van der Waals surface area (Å²) in [4.78, 5) is 8.44. The quantitative estimate of drug-likeness (QED) is 0.822. The van der Waals surface area contributed by atoms with Crippen LogP contribution in [0.1, 0.15) is 31.2 Å². The van der Waals surface area contributed by atoms with Gasteiger partial charge in [-0.05, 0) is 17.5 Å². The Balaban J connectivity index is 2.31. The summed E-state index contributed by atoms with van der Waals surface area (Å²) in [5, 5.41) is 8.65. The highest BCUT2D eigenvalue weighted by atomic mass is 14.9. The zero-order valence-electron chi connectivity index (χ0n) is 10.6. The summed E-state index contributed by atoms with van der Waals surface area (Å²) in [6.07, 6.45) is 1.95. The van der Waals surface area contributed by atoms with Gasteiger partial charge in [0.1, 0.15) is 5.82 Å². The lowest BCUT2D eigenvalue weighted by Crippen LogP contribution is -1.95. The first kappa shape index (κ1) is 12.3. The number of hydrogen-bond acceptors (Lipinski definition) is 3. The minimum Gasteiger partial charge on any atom is -0.240 e. The van der Waals surface area contributed by atoms with Crippen molar-refractivity contribution in [3.63, 3.8) is 0 Å².